The molecule has 0 aromatic heterocycles. The Balaban J connectivity index is 2.32. The van der Waals surface area contributed by atoms with Crippen LogP contribution < -0.4 is 0 Å². The maximum atomic E-state index is 11.5. The predicted molar refractivity (Wildman–Crippen MR) is 53.8 cm³/mol. The average Bonchev–Trinajstić information content (AvgIpc) is 2.61. The third kappa shape index (κ3) is 1.43. The van der Waals surface area contributed by atoms with Crippen molar-refractivity contribution in [1.29, 1.82) is 0 Å². The lowest BCUT2D eigenvalue weighted by atomic mass is 9.89. The van der Waals surface area contributed by atoms with Crippen molar-refractivity contribution >= 4 is 5.97 Å². The Morgan fingerprint density at radius 3 is 2.71 bits per heavy atom. The lowest BCUT2D eigenvalue weighted by Crippen LogP contribution is -2.11. The van der Waals surface area contributed by atoms with Gasteiger partial charge in [-0.25, -0.2) is 0 Å². The van der Waals surface area contributed by atoms with Crippen LogP contribution in [0.15, 0.2) is 43.0 Å². The number of hydrogen-bond acceptors (Lipinski definition) is 2. The quantitative estimate of drug-likeness (QED) is 0.525. The highest BCUT2D eigenvalue weighted by Crippen LogP contribution is 2.32. The minimum absolute atomic E-state index is 0.116. The second-order valence-corrected chi connectivity index (χ2v) is 3.42. The number of carbonyl (C=O) groups excluding carboxylic acids is 1. The first kappa shape index (κ1) is 9.00. The van der Waals surface area contributed by atoms with E-state index in [1.165, 1.54) is 0 Å². The van der Waals surface area contributed by atoms with Gasteiger partial charge in [0.05, 0.1) is 12.5 Å². The number of carbonyl (C=O) groups is 1. The van der Waals surface area contributed by atoms with Gasteiger partial charge in [0, 0.05) is 5.92 Å². The summed E-state index contributed by atoms with van der Waals surface area (Å²) in [6.07, 6.45) is 1.79. The average molecular weight is 188 g/mol. The summed E-state index contributed by atoms with van der Waals surface area (Å²) in [4.78, 5) is 11.5. The van der Waals surface area contributed by atoms with Gasteiger partial charge in [-0.3, -0.25) is 4.79 Å². The maximum absolute atomic E-state index is 11.5. The summed E-state index contributed by atoms with van der Waals surface area (Å²) in [7, 11) is 0. The minimum atomic E-state index is -0.159. The highest BCUT2D eigenvalue weighted by atomic mass is 16.5. The van der Waals surface area contributed by atoms with Crippen LogP contribution in [0.4, 0.5) is 0 Å². The second kappa shape index (κ2) is 3.66. The number of benzene rings is 1. The van der Waals surface area contributed by atoms with Crippen molar-refractivity contribution in [2.45, 2.75) is 5.92 Å². The molecule has 1 aliphatic rings. The molecule has 1 aromatic rings. The summed E-state index contributed by atoms with van der Waals surface area (Å²) < 4.78 is 5.01. The van der Waals surface area contributed by atoms with Crippen LogP contribution in [0, 0.1) is 5.92 Å². The molecule has 1 heterocycles. The van der Waals surface area contributed by atoms with Crippen molar-refractivity contribution in [2.75, 3.05) is 6.61 Å². The molecule has 0 aliphatic carbocycles. The van der Waals surface area contributed by atoms with E-state index in [9.17, 15) is 4.79 Å². The molecule has 0 amide bonds. The van der Waals surface area contributed by atoms with Gasteiger partial charge >= 0.3 is 5.97 Å². The van der Waals surface area contributed by atoms with Crippen LogP contribution in [0.3, 0.4) is 0 Å². The molecule has 1 aromatic carbocycles. The Morgan fingerprint density at radius 2 is 2.07 bits per heavy atom. The number of rotatable bonds is 2. The first-order valence-electron chi connectivity index (χ1n) is 4.67. The van der Waals surface area contributed by atoms with Crippen LogP contribution in [0.2, 0.25) is 0 Å². The van der Waals surface area contributed by atoms with Gasteiger partial charge in [0.2, 0.25) is 0 Å². The molecular weight excluding hydrogens is 176 g/mol. The van der Waals surface area contributed by atoms with Crippen molar-refractivity contribution < 1.29 is 9.53 Å². The molecule has 2 atom stereocenters. The molecule has 72 valence electrons. The molecule has 0 bridgehead atoms. The number of ether oxygens (including phenoxy) is 1. The highest BCUT2D eigenvalue weighted by molar-refractivity contribution is 5.80. The van der Waals surface area contributed by atoms with E-state index in [-0.39, 0.29) is 17.8 Å². The lowest BCUT2D eigenvalue weighted by Gasteiger charge is -2.10. The second-order valence-electron chi connectivity index (χ2n) is 3.42. The van der Waals surface area contributed by atoms with Gasteiger partial charge in [-0.1, -0.05) is 36.4 Å². The Hall–Kier alpha value is -1.57. The van der Waals surface area contributed by atoms with Crippen molar-refractivity contribution in [3.63, 3.8) is 0 Å². The van der Waals surface area contributed by atoms with E-state index in [0.717, 1.165) is 5.56 Å². The van der Waals surface area contributed by atoms with Crippen molar-refractivity contribution in [3.8, 4) is 0 Å². The maximum Gasteiger partial charge on any atom is 0.314 e. The topological polar surface area (TPSA) is 26.3 Å². The van der Waals surface area contributed by atoms with Crippen LogP contribution in [0.5, 0.6) is 0 Å². The molecule has 0 radical (unpaired) electrons. The molecule has 2 rings (SSSR count). The monoisotopic (exact) mass is 188 g/mol. The fraction of sp³-hybridized carbons (Fsp3) is 0.250. The van der Waals surface area contributed by atoms with E-state index in [4.69, 9.17) is 4.74 Å². The van der Waals surface area contributed by atoms with E-state index < -0.39 is 0 Å². The van der Waals surface area contributed by atoms with Crippen molar-refractivity contribution in [1.82, 2.24) is 0 Å². The summed E-state index contributed by atoms with van der Waals surface area (Å²) in [5, 5.41) is 0. The summed E-state index contributed by atoms with van der Waals surface area (Å²) in [6, 6.07) is 9.70. The van der Waals surface area contributed by atoms with E-state index in [0.29, 0.717) is 6.61 Å². The van der Waals surface area contributed by atoms with E-state index in [1.54, 1.807) is 6.08 Å². The van der Waals surface area contributed by atoms with Crippen LogP contribution in [-0.2, 0) is 9.53 Å². The van der Waals surface area contributed by atoms with E-state index in [2.05, 4.69) is 6.58 Å². The third-order valence-electron chi connectivity index (χ3n) is 2.56. The zero-order valence-corrected chi connectivity index (χ0v) is 7.85. The smallest absolute Gasteiger partial charge is 0.314 e. The molecule has 2 nitrogen and oxygen atoms in total. The first-order valence-corrected chi connectivity index (χ1v) is 4.67. The van der Waals surface area contributed by atoms with Crippen molar-refractivity contribution in [2.24, 2.45) is 5.92 Å². The molecule has 1 saturated heterocycles. The van der Waals surface area contributed by atoms with Crippen LogP contribution in [0.25, 0.3) is 0 Å². The van der Waals surface area contributed by atoms with Crippen LogP contribution in [-0.4, -0.2) is 12.6 Å². The molecule has 0 saturated carbocycles. The largest absolute Gasteiger partial charge is 0.465 e. The zero-order chi connectivity index (χ0) is 9.97. The number of hydrogen-bond donors (Lipinski definition) is 0. The zero-order valence-electron chi connectivity index (χ0n) is 7.85. The molecular formula is C12H12O2. The number of esters is 1. The lowest BCUT2D eigenvalue weighted by molar-refractivity contribution is -0.139. The summed E-state index contributed by atoms with van der Waals surface area (Å²) in [5.74, 6) is -0.181. The van der Waals surface area contributed by atoms with Crippen LogP contribution >= 0.6 is 0 Å². The Kier molecular flexibility index (Phi) is 2.35. The molecule has 1 aliphatic heterocycles. The van der Waals surface area contributed by atoms with Crippen molar-refractivity contribution in [3.05, 3.63) is 48.6 Å². The summed E-state index contributed by atoms with van der Waals surface area (Å²) >= 11 is 0. The fourth-order valence-corrected chi connectivity index (χ4v) is 1.79. The molecule has 1 fully saturated rings. The normalized spacial score (nSPS) is 25.9. The minimum Gasteiger partial charge on any atom is -0.465 e. The first-order chi connectivity index (χ1) is 6.83. The molecule has 14 heavy (non-hydrogen) atoms. The predicted octanol–water partition coefficient (Wildman–Crippen LogP) is 2.13. The van der Waals surface area contributed by atoms with Gasteiger partial charge in [-0.15, -0.1) is 6.58 Å². The summed E-state index contributed by atoms with van der Waals surface area (Å²) in [5.41, 5.74) is 1.01. The Bertz CT molecular complexity index is 343. The molecule has 0 N–H and O–H groups in total. The standard InChI is InChI=1S/C12H12O2/c1-2-9-8-14-12(13)11(9)10-6-4-3-5-7-10/h2-7,9,11H,1,8H2/t9-,11+/m0/s1. The van der Waals surface area contributed by atoms with Gasteiger partial charge in [-0.05, 0) is 5.56 Å². The summed E-state index contributed by atoms with van der Waals surface area (Å²) in [6.45, 7) is 4.18. The highest BCUT2D eigenvalue weighted by Gasteiger charge is 2.35. The van der Waals surface area contributed by atoms with Gasteiger partial charge < -0.3 is 4.74 Å². The third-order valence-corrected chi connectivity index (χ3v) is 2.56. The molecule has 0 spiro atoms. The van der Waals surface area contributed by atoms with Crippen LogP contribution in [0.1, 0.15) is 11.5 Å². The van der Waals surface area contributed by atoms with Gasteiger partial charge in [0.1, 0.15) is 0 Å². The molecule has 2 heteroatoms. The van der Waals surface area contributed by atoms with Gasteiger partial charge in [0.15, 0.2) is 0 Å². The van der Waals surface area contributed by atoms with Gasteiger partial charge in [0.25, 0.3) is 0 Å². The number of cyclic esters (lactones) is 1. The molecule has 0 unspecified atom stereocenters. The SMILES string of the molecule is C=C[C@H]1COC(=O)[C@H]1c1ccccc1. The van der Waals surface area contributed by atoms with E-state index in [1.807, 2.05) is 30.3 Å². The Morgan fingerprint density at radius 1 is 1.36 bits per heavy atom. The van der Waals surface area contributed by atoms with Gasteiger partial charge in [-0.2, -0.15) is 0 Å². The fourth-order valence-electron chi connectivity index (χ4n) is 1.79. The Labute approximate surface area is 83.2 Å². The van der Waals surface area contributed by atoms with E-state index >= 15 is 0 Å².